The quantitative estimate of drug-likeness (QED) is 0.243. The van der Waals surface area contributed by atoms with Crippen molar-refractivity contribution in [3.8, 4) is 0 Å². The number of thioether (sulfide) groups is 1. The van der Waals surface area contributed by atoms with Crippen LogP contribution in [0.2, 0.25) is 0 Å². The Morgan fingerprint density at radius 1 is 1.23 bits per heavy atom. The first-order valence-corrected chi connectivity index (χ1v) is 11.7. The van der Waals surface area contributed by atoms with Crippen molar-refractivity contribution in [2.75, 3.05) is 0 Å². The first kappa shape index (κ1) is 19.3. The SMILES string of the molecule is C=CCn1c(SCc2nc(Cc3ccccc3)no2)nc2sc3c(c2c1=O)CCC3. The van der Waals surface area contributed by atoms with Crippen LogP contribution >= 0.6 is 23.1 Å². The van der Waals surface area contributed by atoms with Crippen molar-refractivity contribution in [1.29, 1.82) is 0 Å². The van der Waals surface area contributed by atoms with Crippen molar-refractivity contribution in [3.63, 3.8) is 0 Å². The van der Waals surface area contributed by atoms with Crippen molar-refractivity contribution >= 4 is 33.3 Å². The third-order valence-corrected chi connectivity index (χ3v) is 7.29. The summed E-state index contributed by atoms with van der Waals surface area (Å²) in [5.74, 6) is 1.64. The van der Waals surface area contributed by atoms with Crippen molar-refractivity contribution < 1.29 is 4.52 Å². The van der Waals surface area contributed by atoms with Crippen LogP contribution in [0.4, 0.5) is 0 Å². The molecule has 0 saturated carbocycles. The molecule has 3 heterocycles. The zero-order valence-electron chi connectivity index (χ0n) is 16.3. The second-order valence-corrected chi connectivity index (χ2v) is 9.22. The summed E-state index contributed by atoms with van der Waals surface area (Å²) in [7, 11) is 0. The maximum absolute atomic E-state index is 13.2. The summed E-state index contributed by atoms with van der Waals surface area (Å²) in [6.45, 7) is 4.23. The number of rotatable bonds is 7. The van der Waals surface area contributed by atoms with Gasteiger partial charge in [0.25, 0.3) is 5.56 Å². The Bertz CT molecular complexity index is 1270. The Hall–Kier alpha value is -2.71. The molecule has 0 atom stereocenters. The molecular weight excluding hydrogens is 416 g/mol. The minimum absolute atomic E-state index is 0.0251. The van der Waals surface area contributed by atoms with Crippen LogP contribution in [0.25, 0.3) is 10.2 Å². The Morgan fingerprint density at radius 3 is 2.93 bits per heavy atom. The third kappa shape index (κ3) is 3.61. The lowest BCUT2D eigenvalue weighted by Gasteiger charge is -2.09. The van der Waals surface area contributed by atoms with Crippen LogP contribution in [-0.4, -0.2) is 19.7 Å². The first-order chi connectivity index (χ1) is 14.7. The van der Waals surface area contributed by atoms with Gasteiger partial charge in [0.1, 0.15) is 4.83 Å². The van der Waals surface area contributed by atoms with E-state index in [1.54, 1.807) is 22.0 Å². The molecular formula is C22H20N4O2S2. The molecule has 8 heteroatoms. The van der Waals surface area contributed by atoms with Gasteiger partial charge in [0, 0.05) is 17.8 Å². The average Bonchev–Trinajstić information content (AvgIpc) is 3.46. The lowest BCUT2D eigenvalue weighted by Crippen LogP contribution is -2.22. The molecule has 0 radical (unpaired) electrons. The predicted molar refractivity (Wildman–Crippen MR) is 119 cm³/mol. The molecule has 1 aliphatic carbocycles. The number of allylic oxidation sites excluding steroid dienone is 1. The summed E-state index contributed by atoms with van der Waals surface area (Å²) < 4.78 is 7.11. The lowest BCUT2D eigenvalue weighted by molar-refractivity contribution is 0.385. The van der Waals surface area contributed by atoms with Gasteiger partial charge in [-0.1, -0.05) is 53.3 Å². The normalized spacial score (nSPS) is 13.1. The van der Waals surface area contributed by atoms with Gasteiger partial charge in [-0.3, -0.25) is 9.36 Å². The van der Waals surface area contributed by atoms with E-state index in [4.69, 9.17) is 9.51 Å². The molecule has 0 fully saturated rings. The fourth-order valence-electron chi connectivity index (χ4n) is 3.78. The maximum atomic E-state index is 13.2. The van der Waals surface area contributed by atoms with Gasteiger partial charge in [-0.05, 0) is 30.4 Å². The lowest BCUT2D eigenvalue weighted by atomic mass is 10.1. The summed E-state index contributed by atoms with van der Waals surface area (Å²) in [5.41, 5.74) is 2.36. The van der Waals surface area contributed by atoms with Crippen LogP contribution in [-0.2, 0) is 31.6 Å². The van der Waals surface area contributed by atoms with Crippen molar-refractivity contribution in [2.45, 2.75) is 43.1 Å². The van der Waals surface area contributed by atoms with Crippen LogP contribution < -0.4 is 5.56 Å². The fourth-order valence-corrected chi connectivity index (χ4v) is 5.93. The highest BCUT2D eigenvalue weighted by molar-refractivity contribution is 7.98. The topological polar surface area (TPSA) is 73.8 Å². The second-order valence-electron chi connectivity index (χ2n) is 7.19. The molecule has 0 N–H and O–H groups in total. The minimum Gasteiger partial charge on any atom is -0.338 e. The van der Waals surface area contributed by atoms with E-state index in [1.807, 2.05) is 30.3 Å². The zero-order valence-corrected chi connectivity index (χ0v) is 18.0. The first-order valence-electron chi connectivity index (χ1n) is 9.87. The highest BCUT2D eigenvalue weighted by Crippen LogP contribution is 2.35. The van der Waals surface area contributed by atoms with Gasteiger partial charge in [0.05, 0.1) is 11.1 Å². The van der Waals surface area contributed by atoms with Crippen LogP contribution in [0.1, 0.15) is 34.1 Å². The summed E-state index contributed by atoms with van der Waals surface area (Å²) in [6, 6.07) is 10.0. The average molecular weight is 437 g/mol. The molecule has 30 heavy (non-hydrogen) atoms. The minimum atomic E-state index is 0.0251. The summed E-state index contributed by atoms with van der Waals surface area (Å²) in [5, 5.41) is 5.54. The highest BCUT2D eigenvalue weighted by Gasteiger charge is 2.23. The largest absolute Gasteiger partial charge is 0.338 e. The molecule has 0 spiro atoms. The number of hydrogen-bond donors (Lipinski definition) is 0. The Labute approximate surface area is 181 Å². The van der Waals surface area contributed by atoms with Gasteiger partial charge in [-0.2, -0.15) is 4.98 Å². The Balaban J connectivity index is 1.39. The second kappa shape index (κ2) is 8.20. The number of thiophene rings is 1. The molecule has 0 unspecified atom stereocenters. The molecule has 3 aromatic heterocycles. The molecule has 0 amide bonds. The highest BCUT2D eigenvalue weighted by atomic mass is 32.2. The molecule has 152 valence electrons. The van der Waals surface area contributed by atoms with E-state index in [0.717, 1.165) is 35.0 Å². The van der Waals surface area contributed by atoms with E-state index in [-0.39, 0.29) is 5.56 Å². The molecule has 0 saturated heterocycles. The monoisotopic (exact) mass is 436 g/mol. The van der Waals surface area contributed by atoms with Gasteiger partial charge in [0.15, 0.2) is 11.0 Å². The van der Waals surface area contributed by atoms with Gasteiger partial charge in [0.2, 0.25) is 5.89 Å². The number of aryl methyl sites for hydroxylation is 2. The van der Waals surface area contributed by atoms with Crippen LogP contribution in [0.15, 0.2) is 57.5 Å². The van der Waals surface area contributed by atoms with Crippen LogP contribution in [0, 0.1) is 0 Å². The van der Waals surface area contributed by atoms with Gasteiger partial charge in [-0.25, -0.2) is 4.98 Å². The number of aromatic nitrogens is 4. The maximum Gasteiger partial charge on any atom is 0.263 e. The van der Waals surface area contributed by atoms with E-state index in [1.165, 1.54) is 22.2 Å². The molecule has 0 bridgehead atoms. The zero-order chi connectivity index (χ0) is 20.5. The molecule has 0 aliphatic heterocycles. The Kier molecular flexibility index (Phi) is 5.26. The molecule has 5 rings (SSSR count). The summed E-state index contributed by atoms with van der Waals surface area (Å²) in [4.78, 5) is 24.6. The van der Waals surface area contributed by atoms with Crippen molar-refractivity contribution in [3.05, 3.63) is 81.1 Å². The molecule has 1 aliphatic rings. The van der Waals surface area contributed by atoms with E-state index >= 15 is 0 Å². The van der Waals surface area contributed by atoms with E-state index in [0.29, 0.717) is 35.6 Å². The predicted octanol–water partition coefficient (Wildman–Crippen LogP) is 4.40. The molecule has 1 aromatic carbocycles. The molecule has 6 nitrogen and oxygen atoms in total. The number of fused-ring (bicyclic) bond motifs is 3. The third-order valence-electron chi connectivity index (χ3n) is 5.14. The number of nitrogens with zero attached hydrogens (tertiary/aromatic N) is 4. The van der Waals surface area contributed by atoms with E-state index in [2.05, 4.69) is 16.7 Å². The standard InChI is InChI=1S/C22H20N4O2S2/c1-2-11-26-21(27)19-15-9-6-10-16(15)30-20(19)24-22(26)29-13-18-23-17(25-28-18)12-14-7-4-3-5-8-14/h2-5,7-8H,1,6,9-13H2. The van der Waals surface area contributed by atoms with Crippen LogP contribution in [0.5, 0.6) is 0 Å². The number of hydrogen-bond acceptors (Lipinski definition) is 7. The van der Waals surface area contributed by atoms with E-state index < -0.39 is 0 Å². The van der Waals surface area contributed by atoms with Gasteiger partial charge >= 0.3 is 0 Å². The van der Waals surface area contributed by atoms with E-state index in [9.17, 15) is 4.79 Å². The van der Waals surface area contributed by atoms with Crippen molar-refractivity contribution in [2.24, 2.45) is 0 Å². The van der Waals surface area contributed by atoms with Gasteiger partial charge < -0.3 is 4.52 Å². The van der Waals surface area contributed by atoms with Gasteiger partial charge in [-0.15, -0.1) is 17.9 Å². The Morgan fingerprint density at radius 2 is 2.10 bits per heavy atom. The summed E-state index contributed by atoms with van der Waals surface area (Å²) in [6.07, 6.45) is 5.50. The molecule has 4 aromatic rings. The fraction of sp³-hybridized carbons (Fsp3) is 0.273. The smallest absolute Gasteiger partial charge is 0.263 e. The summed E-state index contributed by atoms with van der Waals surface area (Å²) >= 11 is 3.10. The van der Waals surface area contributed by atoms with Crippen molar-refractivity contribution in [1.82, 2.24) is 19.7 Å². The van der Waals surface area contributed by atoms with Crippen LogP contribution in [0.3, 0.4) is 0 Å². The number of benzene rings is 1.